The average molecular weight is 391 g/mol. The molecule has 0 bridgehead atoms. The molecule has 0 aliphatic carbocycles. The van der Waals surface area contributed by atoms with E-state index in [1.165, 1.54) is 5.56 Å². The minimum Gasteiger partial charge on any atom is -0.314 e. The highest BCUT2D eigenvalue weighted by molar-refractivity contribution is 5.92. The van der Waals surface area contributed by atoms with Gasteiger partial charge in [0.15, 0.2) is 0 Å². The molecule has 0 saturated carbocycles. The second-order valence-electron chi connectivity index (χ2n) is 8.37. The molecule has 27 heavy (non-hydrogen) atoms. The lowest BCUT2D eigenvalue weighted by atomic mass is 9.92. The Morgan fingerprint density at radius 1 is 1.30 bits per heavy atom. The summed E-state index contributed by atoms with van der Waals surface area (Å²) in [6, 6.07) is 12.6. The number of amides is 1. The van der Waals surface area contributed by atoms with Crippen LogP contribution in [0.5, 0.6) is 0 Å². The van der Waals surface area contributed by atoms with Crippen LogP contribution in [0.4, 0.5) is 5.82 Å². The van der Waals surface area contributed by atoms with E-state index in [2.05, 4.69) is 50.5 Å². The molecule has 2 heterocycles. The zero-order valence-corrected chi connectivity index (χ0v) is 17.5. The molecule has 1 aromatic carbocycles. The van der Waals surface area contributed by atoms with Gasteiger partial charge >= 0.3 is 0 Å². The Kier molecular flexibility index (Phi) is 7.06. The van der Waals surface area contributed by atoms with E-state index >= 15 is 0 Å². The molecule has 1 fully saturated rings. The fourth-order valence-electron chi connectivity index (χ4n) is 3.36. The van der Waals surface area contributed by atoms with Crippen molar-refractivity contribution in [1.82, 2.24) is 15.1 Å². The van der Waals surface area contributed by atoms with Gasteiger partial charge in [0, 0.05) is 23.4 Å². The second-order valence-corrected chi connectivity index (χ2v) is 8.37. The van der Waals surface area contributed by atoms with Crippen LogP contribution in [0.3, 0.4) is 0 Å². The van der Waals surface area contributed by atoms with Crippen LogP contribution in [0.2, 0.25) is 0 Å². The summed E-state index contributed by atoms with van der Waals surface area (Å²) in [5.41, 5.74) is 2.09. The molecule has 2 atom stereocenters. The van der Waals surface area contributed by atoms with Crippen molar-refractivity contribution >= 4 is 24.1 Å². The molecule has 5 nitrogen and oxygen atoms in total. The Balaban J connectivity index is 0.00000261. The maximum atomic E-state index is 12.8. The van der Waals surface area contributed by atoms with Crippen LogP contribution >= 0.6 is 12.4 Å². The van der Waals surface area contributed by atoms with Gasteiger partial charge < -0.3 is 10.6 Å². The number of nitrogens with zero attached hydrogens (tertiary/aromatic N) is 2. The largest absolute Gasteiger partial charge is 0.314 e. The number of carbonyl (C=O) groups is 1. The summed E-state index contributed by atoms with van der Waals surface area (Å²) in [5.74, 6) is 0.951. The fourth-order valence-corrected chi connectivity index (χ4v) is 3.36. The number of anilines is 1. The van der Waals surface area contributed by atoms with Crippen molar-refractivity contribution in [2.45, 2.75) is 58.5 Å². The van der Waals surface area contributed by atoms with Crippen molar-refractivity contribution < 1.29 is 4.79 Å². The fraction of sp³-hybridized carbons (Fsp3) is 0.524. The van der Waals surface area contributed by atoms with E-state index in [9.17, 15) is 4.79 Å². The maximum absolute atomic E-state index is 12.8. The minimum absolute atomic E-state index is 0. The Labute approximate surface area is 168 Å². The first-order chi connectivity index (χ1) is 12.3. The van der Waals surface area contributed by atoms with Crippen molar-refractivity contribution in [3.8, 4) is 0 Å². The molecular formula is C21H31ClN4O. The number of nitrogens with one attached hydrogen (secondary N) is 2. The summed E-state index contributed by atoms with van der Waals surface area (Å²) in [6.07, 6.45) is 1.76. The van der Waals surface area contributed by atoms with Gasteiger partial charge in [-0.05, 0) is 31.9 Å². The number of halogens is 1. The summed E-state index contributed by atoms with van der Waals surface area (Å²) in [6.45, 7) is 10.1. The third kappa shape index (κ3) is 5.56. The smallest absolute Gasteiger partial charge is 0.228 e. The predicted molar refractivity (Wildman–Crippen MR) is 113 cm³/mol. The van der Waals surface area contributed by atoms with E-state index in [0.717, 1.165) is 30.9 Å². The summed E-state index contributed by atoms with van der Waals surface area (Å²) in [7, 11) is 0. The second kappa shape index (κ2) is 8.89. The standard InChI is InChI=1S/C21H30N4O.ClH/c1-15-12-17(10-11-22-15)20(26)23-19-13-18(21(2,3)4)24-25(19)14-16-8-6-5-7-9-16;/h5-9,13,15,17,22H,10-12,14H2,1-4H3,(H,23,26);1H/t15-,17-;/m0./s1. The van der Waals surface area contributed by atoms with E-state index in [-0.39, 0.29) is 29.6 Å². The molecular weight excluding hydrogens is 360 g/mol. The van der Waals surface area contributed by atoms with Gasteiger partial charge in [-0.15, -0.1) is 12.4 Å². The summed E-state index contributed by atoms with van der Waals surface area (Å²) in [5, 5.41) is 11.3. The lowest BCUT2D eigenvalue weighted by Gasteiger charge is -2.27. The molecule has 2 N–H and O–H groups in total. The van der Waals surface area contributed by atoms with Crippen LogP contribution in [0.15, 0.2) is 36.4 Å². The zero-order chi connectivity index (χ0) is 18.7. The SMILES string of the molecule is C[C@H]1C[C@@H](C(=O)Nc2cc(C(C)(C)C)nn2Cc2ccccc2)CCN1.Cl. The first-order valence-corrected chi connectivity index (χ1v) is 9.49. The van der Waals surface area contributed by atoms with E-state index in [1.54, 1.807) is 0 Å². The monoisotopic (exact) mass is 390 g/mol. The number of hydrogen-bond donors (Lipinski definition) is 2. The zero-order valence-electron chi connectivity index (χ0n) is 16.7. The van der Waals surface area contributed by atoms with Crippen LogP contribution < -0.4 is 10.6 Å². The van der Waals surface area contributed by atoms with E-state index in [0.29, 0.717) is 12.6 Å². The molecule has 1 aromatic heterocycles. The average Bonchev–Trinajstić information content (AvgIpc) is 2.99. The molecule has 3 rings (SSSR count). The molecule has 0 spiro atoms. The van der Waals surface area contributed by atoms with Crippen molar-refractivity contribution in [2.75, 3.05) is 11.9 Å². The number of aromatic nitrogens is 2. The molecule has 1 aliphatic heterocycles. The van der Waals surface area contributed by atoms with Gasteiger partial charge in [0.1, 0.15) is 5.82 Å². The van der Waals surface area contributed by atoms with Crippen molar-refractivity contribution in [1.29, 1.82) is 0 Å². The Bertz CT molecular complexity index is 751. The van der Waals surface area contributed by atoms with Gasteiger partial charge in [-0.3, -0.25) is 4.79 Å². The first-order valence-electron chi connectivity index (χ1n) is 9.49. The minimum atomic E-state index is -0.0648. The third-order valence-electron chi connectivity index (χ3n) is 4.97. The highest BCUT2D eigenvalue weighted by Gasteiger charge is 2.27. The van der Waals surface area contributed by atoms with Crippen LogP contribution in [0.25, 0.3) is 0 Å². The number of carbonyl (C=O) groups excluding carboxylic acids is 1. The van der Waals surface area contributed by atoms with Crippen molar-refractivity contribution in [2.24, 2.45) is 5.92 Å². The summed E-state index contributed by atoms with van der Waals surface area (Å²) < 4.78 is 1.92. The molecule has 6 heteroatoms. The van der Waals surface area contributed by atoms with Crippen molar-refractivity contribution in [3.05, 3.63) is 47.7 Å². The Morgan fingerprint density at radius 3 is 2.63 bits per heavy atom. The number of benzene rings is 1. The summed E-state index contributed by atoms with van der Waals surface area (Å²) >= 11 is 0. The van der Waals surface area contributed by atoms with Gasteiger partial charge in [0.05, 0.1) is 12.2 Å². The molecule has 1 saturated heterocycles. The van der Waals surface area contributed by atoms with Gasteiger partial charge in [-0.2, -0.15) is 5.10 Å². The number of piperidine rings is 1. The van der Waals surface area contributed by atoms with E-state index < -0.39 is 0 Å². The van der Waals surface area contributed by atoms with Crippen molar-refractivity contribution in [3.63, 3.8) is 0 Å². The van der Waals surface area contributed by atoms with Gasteiger partial charge in [0.25, 0.3) is 0 Å². The summed E-state index contributed by atoms with van der Waals surface area (Å²) in [4.78, 5) is 12.8. The van der Waals surface area contributed by atoms with Crippen LogP contribution in [-0.4, -0.2) is 28.3 Å². The van der Waals surface area contributed by atoms with Crippen LogP contribution in [0.1, 0.15) is 51.8 Å². The predicted octanol–water partition coefficient (Wildman–Crippen LogP) is 3.98. The molecule has 1 amide bonds. The molecule has 2 aromatic rings. The molecule has 148 valence electrons. The highest BCUT2D eigenvalue weighted by Crippen LogP contribution is 2.26. The Morgan fingerprint density at radius 2 is 2.00 bits per heavy atom. The van der Waals surface area contributed by atoms with Gasteiger partial charge in [-0.1, -0.05) is 51.1 Å². The lowest BCUT2D eigenvalue weighted by molar-refractivity contribution is -0.120. The highest BCUT2D eigenvalue weighted by atomic mass is 35.5. The topological polar surface area (TPSA) is 59.0 Å². The van der Waals surface area contributed by atoms with Gasteiger partial charge in [-0.25, -0.2) is 4.68 Å². The van der Waals surface area contributed by atoms with E-state index in [1.807, 2.05) is 28.9 Å². The first kappa shape index (κ1) is 21.5. The number of rotatable bonds is 4. The lowest BCUT2D eigenvalue weighted by Crippen LogP contribution is -2.40. The van der Waals surface area contributed by atoms with Crippen LogP contribution in [0, 0.1) is 5.92 Å². The maximum Gasteiger partial charge on any atom is 0.228 e. The quantitative estimate of drug-likeness (QED) is 0.830. The molecule has 0 radical (unpaired) electrons. The van der Waals surface area contributed by atoms with E-state index in [4.69, 9.17) is 5.10 Å². The Hall–Kier alpha value is -1.85. The third-order valence-corrected chi connectivity index (χ3v) is 4.97. The molecule has 1 aliphatic rings. The molecule has 0 unspecified atom stereocenters. The van der Waals surface area contributed by atoms with Gasteiger partial charge in [0.2, 0.25) is 5.91 Å². The van der Waals surface area contributed by atoms with Crippen LogP contribution in [-0.2, 0) is 16.8 Å². The normalized spacial score (nSPS) is 20.0. The number of hydrogen-bond acceptors (Lipinski definition) is 3.